The molecule has 19 heavy (non-hydrogen) atoms. The van der Waals surface area contributed by atoms with E-state index in [2.05, 4.69) is 18.2 Å². The summed E-state index contributed by atoms with van der Waals surface area (Å²) < 4.78 is 26.4. The van der Waals surface area contributed by atoms with Crippen LogP contribution in [-0.2, 0) is 6.42 Å². The van der Waals surface area contributed by atoms with E-state index in [1.165, 1.54) is 12.1 Å². The van der Waals surface area contributed by atoms with E-state index in [0.717, 1.165) is 12.8 Å². The van der Waals surface area contributed by atoms with Gasteiger partial charge >= 0.3 is 0 Å². The van der Waals surface area contributed by atoms with E-state index in [9.17, 15) is 14.0 Å². The van der Waals surface area contributed by atoms with Gasteiger partial charge in [0.25, 0.3) is 0 Å². The third-order valence-electron chi connectivity index (χ3n) is 2.88. The number of halogens is 2. The Bertz CT molecular complexity index is 437. The van der Waals surface area contributed by atoms with Gasteiger partial charge < -0.3 is 0 Å². The molecule has 6 heteroatoms. The summed E-state index contributed by atoms with van der Waals surface area (Å²) in [5, 5.41) is 9.90. The van der Waals surface area contributed by atoms with Gasteiger partial charge in [-0.3, -0.25) is 0 Å². The van der Waals surface area contributed by atoms with Gasteiger partial charge in [0, 0.05) is 18.4 Å². The Morgan fingerprint density at radius 1 is 1.37 bits per heavy atom. The lowest BCUT2D eigenvalue weighted by Crippen LogP contribution is -2.42. The Morgan fingerprint density at radius 2 is 1.95 bits per heavy atom. The van der Waals surface area contributed by atoms with Gasteiger partial charge in [0.1, 0.15) is 24.3 Å². The van der Waals surface area contributed by atoms with E-state index in [-0.39, 0.29) is 23.7 Å². The molecule has 1 unspecified atom stereocenters. The highest BCUT2D eigenvalue weighted by molar-refractivity contribution is 7.74. The van der Waals surface area contributed by atoms with Crippen LogP contribution in [-0.4, -0.2) is 15.4 Å². The zero-order valence-corrected chi connectivity index (χ0v) is 12.3. The highest BCUT2D eigenvalue weighted by Gasteiger charge is 2.44. The molecule has 0 heterocycles. The molecule has 1 fully saturated rings. The molecule has 1 aromatic rings. The van der Waals surface area contributed by atoms with Crippen molar-refractivity contribution >= 4 is 18.5 Å². The zero-order valence-electron chi connectivity index (χ0n) is 11.5. The summed E-state index contributed by atoms with van der Waals surface area (Å²) in [5.74, 6) is -1.24. The Kier molecular flexibility index (Phi) is 5.58. The van der Waals surface area contributed by atoms with Crippen molar-refractivity contribution in [2.75, 3.05) is 5.43 Å². The fourth-order valence-corrected chi connectivity index (χ4v) is 2.05. The fourth-order valence-electron chi connectivity index (χ4n) is 1.71. The minimum absolute atomic E-state index is 0.0131. The second-order valence-corrected chi connectivity index (χ2v) is 4.84. The number of hydroxylamine groups is 1. The van der Waals surface area contributed by atoms with E-state index in [1.807, 2.05) is 13.8 Å². The molecule has 0 spiro atoms. The van der Waals surface area contributed by atoms with Gasteiger partial charge in [-0.05, 0) is 22.7 Å². The lowest BCUT2D eigenvalue weighted by atomic mass is 10.1. The molecule has 2 rings (SSSR count). The molecule has 1 saturated carbocycles. The Balaban J connectivity index is 0.000000861. The Morgan fingerprint density at radius 3 is 2.42 bits per heavy atom. The minimum Gasteiger partial charge on any atom is -0.207 e. The van der Waals surface area contributed by atoms with Crippen molar-refractivity contribution in [1.82, 2.24) is 0 Å². The highest BCUT2D eigenvalue weighted by atomic mass is 32.1. The first-order valence-electron chi connectivity index (χ1n) is 6.55. The van der Waals surface area contributed by atoms with Crippen LogP contribution in [0.4, 0.5) is 14.5 Å². The second kappa shape index (κ2) is 6.54. The molecule has 108 valence electrons. The van der Waals surface area contributed by atoms with Crippen LogP contribution in [0.1, 0.15) is 39.2 Å². The molecule has 0 saturated heterocycles. The number of hydrogen-bond acceptors (Lipinski definition) is 3. The van der Waals surface area contributed by atoms with Crippen molar-refractivity contribution in [2.45, 2.75) is 46.1 Å². The Hall–Kier alpha value is -0.850. The van der Waals surface area contributed by atoms with Gasteiger partial charge in [0.05, 0.1) is 0 Å². The van der Waals surface area contributed by atoms with Crippen LogP contribution in [0.2, 0.25) is 0 Å². The van der Waals surface area contributed by atoms with Crippen molar-refractivity contribution in [3.05, 3.63) is 29.3 Å². The summed E-state index contributed by atoms with van der Waals surface area (Å²) >= 11 is 4.01. The number of benzene rings is 1. The van der Waals surface area contributed by atoms with Gasteiger partial charge in [-0.25, -0.2) is 8.78 Å². The summed E-state index contributed by atoms with van der Waals surface area (Å²) in [4.78, 5) is 0. The van der Waals surface area contributed by atoms with Crippen LogP contribution in [0.15, 0.2) is 12.1 Å². The predicted octanol–water partition coefficient (Wildman–Crippen LogP) is 4.09. The molecule has 2 N–H and O–H groups in total. The van der Waals surface area contributed by atoms with Gasteiger partial charge in [0.2, 0.25) is 0 Å². The molecule has 1 aliphatic carbocycles. The first-order chi connectivity index (χ1) is 8.95. The van der Waals surface area contributed by atoms with Crippen LogP contribution in [0.25, 0.3) is 0 Å². The average molecular weight is 291 g/mol. The quantitative estimate of drug-likeness (QED) is 0.443. The van der Waals surface area contributed by atoms with Crippen LogP contribution >= 0.6 is 12.8 Å². The van der Waals surface area contributed by atoms with Gasteiger partial charge in [-0.2, -0.15) is 10.6 Å². The number of nitrogens with zero attached hydrogens (tertiary/aromatic N) is 1. The second-order valence-electron chi connectivity index (χ2n) is 4.23. The van der Waals surface area contributed by atoms with Crippen LogP contribution in [0.3, 0.4) is 0 Å². The van der Waals surface area contributed by atoms with E-state index < -0.39 is 15.8 Å². The molecule has 1 aromatic carbocycles. The summed E-state index contributed by atoms with van der Waals surface area (Å²) in [6.45, 7) is 5.67. The molecule has 1 aliphatic rings. The predicted molar refractivity (Wildman–Crippen MR) is 74.8 cm³/mol. The molecule has 0 radical (unpaired) electrons. The first kappa shape index (κ1) is 16.2. The molecule has 0 amide bonds. The van der Waals surface area contributed by atoms with E-state index in [4.69, 9.17) is 0 Å². The smallest absolute Gasteiger partial charge is 0.157 e. The molecule has 0 aliphatic heterocycles. The maximum absolute atomic E-state index is 13.9. The van der Waals surface area contributed by atoms with E-state index >= 15 is 0 Å². The van der Waals surface area contributed by atoms with Crippen molar-refractivity contribution in [2.24, 2.45) is 0 Å². The average Bonchev–Trinajstić information content (AvgIpc) is 3.20. The molecular weight excluding hydrogens is 270 g/mol. The molecule has 0 bridgehead atoms. The number of thiol groups is 1. The van der Waals surface area contributed by atoms with Crippen molar-refractivity contribution in [1.29, 1.82) is 0 Å². The maximum Gasteiger partial charge on any atom is 0.157 e. The normalized spacial score (nSPS) is 17.2. The van der Waals surface area contributed by atoms with Gasteiger partial charge in [-0.15, -0.1) is 0 Å². The monoisotopic (exact) mass is 291 g/mol. The number of anilines is 1. The molecular formula is C13H21F2N2OS+. The van der Waals surface area contributed by atoms with Crippen LogP contribution in [0, 0.1) is 11.6 Å². The lowest BCUT2D eigenvalue weighted by molar-refractivity contribution is -0.981. The maximum atomic E-state index is 13.9. The topological polar surface area (TPSA) is 32.3 Å². The number of nitrogens with one attached hydrogen (secondary N) is 1. The zero-order chi connectivity index (χ0) is 14.6. The molecule has 0 aromatic heterocycles. The van der Waals surface area contributed by atoms with Crippen LogP contribution < -0.4 is 5.43 Å². The molecule has 1 atom stereocenters. The summed E-state index contributed by atoms with van der Waals surface area (Å²) in [7, 11) is 0. The summed E-state index contributed by atoms with van der Waals surface area (Å²) in [6.07, 6.45) is 1.92. The van der Waals surface area contributed by atoms with Crippen molar-refractivity contribution in [3.8, 4) is 0 Å². The van der Waals surface area contributed by atoms with Crippen LogP contribution in [0.5, 0.6) is 0 Å². The first-order valence-corrected chi connectivity index (χ1v) is 6.95. The number of hydrogen-bond donors (Lipinski definition) is 3. The highest BCUT2D eigenvalue weighted by Crippen LogP contribution is 2.35. The fraction of sp³-hybridized carbons (Fsp3) is 0.538. The van der Waals surface area contributed by atoms with E-state index in [0.29, 0.717) is 0 Å². The van der Waals surface area contributed by atoms with E-state index in [1.54, 1.807) is 6.92 Å². The van der Waals surface area contributed by atoms with Crippen molar-refractivity contribution < 1.29 is 18.1 Å². The van der Waals surface area contributed by atoms with Crippen molar-refractivity contribution in [3.63, 3.8) is 0 Å². The minimum atomic E-state index is -0.758. The SMILES string of the molecule is CC.CCc1c(F)ccc(N[N+](O)(S)C2CC2)c1F. The third kappa shape index (κ3) is 3.81. The standard InChI is InChI=1S/C11H15F2N2OS.C2H6/c1-2-8-9(12)5-6-10(11(8)13)14-15(16,17)7-3-4-7;1-2/h5-7,14,16-17H,2-4H2,1H3;1-2H3/q+1;. The molecule has 3 nitrogen and oxygen atoms in total. The van der Waals surface area contributed by atoms with Gasteiger partial charge in [0.15, 0.2) is 11.9 Å². The largest absolute Gasteiger partial charge is 0.207 e. The lowest BCUT2D eigenvalue weighted by Gasteiger charge is -2.23. The third-order valence-corrected chi connectivity index (χ3v) is 3.31. The Labute approximate surface area is 118 Å². The summed E-state index contributed by atoms with van der Waals surface area (Å²) in [5.41, 5.74) is 2.64. The summed E-state index contributed by atoms with van der Waals surface area (Å²) in [6, 6.07) is 2.41. The van der Waals surface area contributed by atoms with Gasteiger partial charge in [-0.1, -0.05) is 20.8 Å². The number of rotatable bonds is 4. The number of quaternary nitrogens is 1.